The number of aryl methyl sites for hydroxylation is 1. The Labute approximate surface area is 120 Å². The van der Waals surface area contributed by atoms with E-state index < -0.39 is 0 Å². The van der Waals surface area contributed by atoms with Gasteiger partial charge in [-0.15, -0.1) is 0 Å². The number of benzene rings is 1. The van der Waals surface area contributed by atoms with Gasteiger partial charge in [0.05, 0.1) is 17.4 Å². The normalized spacial score (nSPS) is 20.6. The van der Waals surface area contributed by atoms with E-state index in [1.807, 2.05) is 18.5 Å². The molecule has 1 atom stereocenters. The molecule has 0 aliphatic carbocycles. The molecule has 1 saturated heterocycles. The number of hydrogen-bond donors (Lipinski definition) is 1. The molecule has 1 aromatic carbocycles. The van der Waals surface area contributed by atoms with Crippen LogP contribution in [-0.2, 0) is 6.54 Å². The quantitative estimate of drug-likeness (QED) is 0.871. The number of piperidine rings is 1. The number of rotatable bonds is 4. The van der Waals surface area contributed by atoms with Crippen molar-refractivity contribution < 1.29 is 0 Å². The van der Waals surface area contributed by atoms with E-state index >= 15 is 0 Å². The van der Waals surface area contributed by atoms with Crippen molar-refractivity contribution in [1.29, 1.82) is 0 Å². The third kappa shape index (κ3) is 2.80. The zero-order valence-corrected chi connectivity index (χ0v) is 12.3. The summed E-state index contributed by atoms with van der Waals surface area (Å²) in [5.74, 6) is 0. The molecule has 0 bridgehead atoms. The Bertz CT molecular complexity index is 575. The summed E-state index contributed by atoms with van der Waals surface area (Å²) in [4.78, 5) is 7.05. The van der Waals surface area contributed by atoms with Crippen molar-refractivity contribution in [3.8, 4) is 0 Å². The summed E-state index contributed by atoms with van der Waals surface area (Å²) in [6.07, 6.45) is 7.22. The van der Waals surface area contributed by atoms with Crippen molar-refractivity contribution in [1.82, 2.24) is 14.5 Å². The number of nitrogens with zero attached hydrogens (tertiary/aromatic N) is 3. The van der Waals surface area contributed by atoms with E-state index in [2.05, 4.69) is 27.4 Å². The fraction of sp³-hybridized carbons (Fsp3) is 0.562. The number of hydrogen-bond acceptors (Lipinski definition) is 3. The number of likely N-dealkylation sites (tertiary alicyclic amines) is 1. The van der Waals surface area contributed by atoms with Gasteiger partial charge in [0.25, 0.3) is 0 Å². The predicted molar refractivity (Wildman–Crippen MR) is 83.6 cm³/mol. The van der Waals surface area contributed by atoms with Gasteiger partial charge in [0, 0.05) is 24.8 Å². The smallest absolute Gasteiger partial charge is 0.0958 e. The van der Waals surface area contributed by atoms with Crippen LogP contribution < -0.4 is 5.73 Å². The average molecular weight is 272 g/mol. The summed E-state index contributed by atoms with van der Waals surface area (Å²) in [7, 11) is 0. The van der Waals surface area contributed by atoms with E-state index in [4.69, 9.17) is 5.73 Å². The minimum absolute atomic E-state index is 0.753. The van der Waals surface area contributed by atoms with Gasteiger partial charge in [-0.1, -0.05) is 6.42 Å². The van der Waals surface area contributed by atoms with Gasteiger partial charge >= 0.3 is 0 Å². The van der Waals surface area contributed by atoms with Crippen LogP contribution in [0.5, 0.6) is 0 Å². The molecule has 1 aliphatic rings. The zero-order chi connectivity index (χ0) is 13.9. The van der Waals surface area contributed by atoms with Crippen LogP contribution in [0.1, 0.15) is 32.6 Å². The standard InChI is InChI=1S/C16H24N4/c1-13-5-2-3-8-19(13)9-4-10-20-12-18-15-11-14(17)6-7-16(15)20/h6-7,11-13H,2-5,8-10,17H2,1H3. The molecule has 2 heterocycles. The van der Waals surface area contributed by atoms with Crippen LogP contribution >= 0.6 is 0 Å². The molecule has 4 nitrogen and oxygen atoms in total. The fourth-order valence-electron chi connectivity index (χ4n) is 3.19. The molecular formula is C16H24N4. The maximum Gasteiger partial charge on any atom is 0.0958 e. The van der Waals surface area contributed by atoms with Crippen LogP contribution in [0.25, 0.3) is 11.0 Å². The molecule has 0 amide bonds. The highest BCUT2D eigenvalue weighted by Gasteiger charge is 2.17. The lowest BCUT2D eigenvalue weighted by Crippen LogP contribution is -2.38. The monoisotopic (exact) mass is 272 g/mol. The average Bonchev–Trinajstić information content (AvgIpc) is 2.83. The van der Waals surface area contributed by atoms with Gasteiger partial charge in [-0.2, -0.15) is 0 Å². The molecule has 2 N–H and O–H groups in total. The number of anilines is 1. The summed E-state index contributed by atoms with van der Waals surface area (Å²) >= 11 is 0. The molecule has 0 spiro atoms. The highest BCUT2D eigenvalue weighted by Crippen LogP contribution is 2.18. The Morgan fingerprint density at radius 2 is 2.20 bits per heavy atom. The molecular weight excluding hydrogens is 248 g/mol. The molecule has 1 unspecified atom stereocenters. The summed E-state index contributed by atoms with van der Waals surface area (Å²) in [5.41, 5.74) is 8.76. The number of aromatic nitrogens is 2. The van der Waals surface area contributed by atoms with E-state index in [9.17, 15) is 0 Å². The maximum atomic E-state index is 5.79. The first-order valence-corrected chi connectivity index (χ1v) is 7.68. The largest absolute Gasteiger partial charge is 0.399 e. The highest BCUT2D eigenvalue weighted by atomic mass is 15.2. The van der Waals surface area contributed by atoms with Crippen LogP contribution in [0.2, 0.25) is 0 Å². The number of nitrogen functional groups attached to an aromatic ring is 1. The molecule has 20 heavy (non-hydrogen) atoms. The highest BCUT2D eigenvalue weighted by molar-refractivity contribution is 5.78. The minimum Gasteiger partial charge on any atom is -0.399 e. The second-order valence-corrected chi connectivity index (χ2v) is 5.92. The van der Waals surface area contributed by atoms with E-state index in [0.29, 0.717) is 0 Å². The summed E-state index contributed by atoms with van der Waals surface area (Å²) in [6, 6.07) is 6.72. The summed E-state index contributed by atoms with van der Waals surface area (Å²) in [6.45, 7) is 5.84. The van der Waals surface area contributed by atoms with Crippen molar-refractivity contribution in [3.05, 3.63) is 24.5 Å². The Morgan fingerprint density at radius 3 is 3.05 bits per heavy atom. The first-order valence-electron chi connectivity index (χ1n) is 7.68. The van der Waals surface area contributed by atoms with Crippen molar-refractivity contribution in [3.63, 3.8) is 0 Å². The van der Waals surface area contributed by atoms with Gasteiger partial charge in [-0.05, 0) is 50.9 Å². The summed E-state index contributed by atoms with van der Waals surface area (Å²) < 4.78 is 2.24. The number of fused-ring (bicyclic) bond motifs is 1. The van der Waals surface area contributed by atoms with E-state index in [1.165, 1.54) is 44.3 Å². The second kappa shape index (κ2) is 5.83. The van der Waals surface area contributed by atoms with Crippen LogP contribution in [0.15, 0.2) is 24.5 Å². The van der Waals surface area contributed by atoms with Gasteiger partial charge in [0.1, 0.15) is 0 Å². The molecule has 1 aliphatic heterocycles. The van der Waals surface area contributed by atoms with Crippen molar-refractivity contribution in [2.24, 2.45) is 0 Å². The number of nitrogens with two attached hydrogens (primary N) is 1. The lowest BCUT2D eigenvalue weighted by atomic mass is 10.0. The molecule has 3 rings (SSSR count). The zero-order valence-electron chi connectivity index (χ0n) is 12.3. The Balaban J connectivity index is 1.59. The molecule has 1 fully saturated rings. The lowest BCUT2D eigenvalue weighted by molar-refractivity contribution is 0.157. The SMILES string of the molecule is CC1CCCCN1CCCn1cnc2cc(N)ccc21. The summed E-state index contributed by atoms with van der Waals surface area (Å²) in [5, 5.41) is 0. The predicted octanol–water partition coefficient (Wildman–Crippen LogP) is 2.88. The van der Waals surface area contributed by atoms with Gasteiger partial charge in [-0.25, -0.2) is 4.98 Å². The molecule has 2 aromatic rings. The van der Waals surface area contributed by atoms with Crippen molar-refractivity contribution >= 4 is 16.7 Å². The molecule has 0 radical (unpaired) electrons. The van der Waals surface area contributed by atoms with Crippen molar-refractivity contribution in [2.45, 2.75) is 45.2 Å². The minimum atomic E-state index is 0.753. The maximum absolute atomic E-state index is 5.79. The topological polar surface area (TPSA) is 47.1 Å². The third-order valence-corrected chi connectivity index (χ3v) is 4.43. The molecule has 4 heteroatoms. The molecule has 0 saturated carbocycles. The van der Waals surface area contributed by atoms with E-state index in [1.54, 1.807) is 0 Å². The molecule has 1 aromatic heterocycles. The van der Waals surface area contributed by atoms with Crippen LogP contribution in [-0.4, -0.2) is 33.6 Å². The fourth-order valence-corrected chi connectivity index (χ4v) is 3.19. The molecule has 108 valence electrons. The first-order chi connectivity index (χ1) is 9.74. The van der Waals surface area contributed by atoms with E-state index in [0.717, 1.165) is 23.8 Å². The lowest BCUT2D eigenvalue weighted by Gasteiger charge is -2.33. The van der Waals surface area contributed by atoms with Crippen LogP contribution in [0.4, 0.5) is 5.69 Å². The Morgan fingerprint density at radius 1 is 1.30 bits per heavy atom. The number of imidazole rings is 1. The Hall–Kier alpha value is -1.55. The van der Waals surface area contributed by atoms with Gasteiger partial charge in [0.15, 0.2) is 0 Å². The van der Waals surface area contributed by atoms with Gasteiger partial charge < -0.3 is 15.2 Å². The van der Waals surface area contributed by atoms with Crippen LogP contribution in [0, 0.1) is 0 Å². The van der Waals surface area contributed by atoms with Gasteiger partial charge in [0.2, 0.25) is 0 Å². The first kappa shape index (κ1) is 13.4. The van der Waals surface area contributed by atoms with Crippen LogP contribution in [0.3, 0.4) is 0 Å². The van der Waals surface area contributed by atoms with Gasteiger partial charge in [-0.3, -0.25) is 0 Å². The Kier molecular flexibility index (Phi) is 3.92. The third-order valence-electron chi connectivity index (χ3n) is 4.43. The van der Waals surface area contributed by atoms with E-state index in [-0.39, 0.29) is 0 Å². The van der Waals surface area contributed by atoms with Crippen molar-refractivity contribution in [2.75, 3.05) is 18.8 Å². The second-order valence-electron chi connectivity index (χ2n) is 5.92.